The van der Waals surface area contributed by atoms with Crippen molar-refractivity contribution in [2.75, 3.05) is 4.90 Å². The summed E-state index contributed by atoms with van der Waals surface area (Å²) in [5.41, 5.74) is 17.9. The number of fused-ring (bicyclic) bond motifs is 9. The molecule has 3 heteroatoms. The van der Waals surface area contributed by atoms with Gasteiger partial charge in [0.15, 0.2) is 0 Å². The minimum absolute atomic E-state index is 0.467. The summed E-state index contributed by atoms with van der Waals surface area (Å²) >= 11 is 3.76. The minimum Gasteiger partial charge on any atom is -0.311 e. The molecule has 0 bridgehead atoms. The van der Waals surface area contributed by atoms with Gasteiger partial charge < -0.3 is 4.90 Å². The van der Waals surface area contributed by atoms with Crippen LogP contribution < -0.4 is 4.90 Å². The molecule has 0 saturated heterocycles. The largest absolute Gasteiger partial charge is 0.311 e. The predicted octanol–water partition coefficient (Wildman–Crippen LogP) is 19.3. The molecule has 0 radical (unpaired) electrons. The van der Waals surface area contributed by atoms with Crippen LogP contribution in [0.3, 0.4) is 0 Å². The molecule has 1 aliphatic rings. The Kier molecular flexibility index (Phi) is 9.55. The summed E-state index contributed by atoms with van der Waals surface area (Å²) in [6.45, 7) is 0. The normalized spacial score (nSPS) is 12.7. The van der Waals surface area contributed by atoms with E-state index in [1.807, 2.05) is 22.7 Å². The van der Waals surface area contributed by atoms with Gasteiger partial charge in [-0.2, -0.15) is 0 Å². The maximum atomic E-state index is 2.40. The quantitative estimate of drug-likeness (QED) is 0.147. The maximum Gasteiger partial charge on any atom is 0.0713 e. The second-order valence-corrected chi connectivity index (χ2v) is 20.4. The Morgan fingerprint density at radius 3 is 1.27 bits per heavy atom. The first-order chi connectivity index (χ1) is 34.7. The summed E-state index contributed by atoms with van der Waals surface area (Å²) in [6, 6.07) is 96.6. The van der Waals surface area contributed by atoms with E-state index in [1.54, 1.807) is 0 Å². The van der Waals surface area contributed by atoms with Crippen molar-refractivity contribution in [2.45, 2.75) is 5.41 Å². The molecule has 11 aromatic carbocycles. The van der Waals surface area contributed by atoms with Crippen molar-refractivity contribution in [3.05, 3.63) is 283 Å². The van der Waals surface area contributed by atoms with Crippen molar-refractivity contribution in [1.82, 2.24) is 0 Å². The lowest BCUT2D eigenvalue weighted by atomic mass is 9.68. The molecule has 2 aromatic heterocycles. The molecule has 0 fully saturated rings. The average molecular weight is 926 g/mol. The van der Waals surface area contributed by atoms with E-state index in [4.69, 9.17) is 0 Å². The smallest absolute Gasteiger partial charge is 0.0713 e. The third-order valence-electron chi connectivity index (χ3n) is 14.6. The predicted molar refractivity (Wildman–Crippen MR) is 301 cm³/mol. The summed E-state index contributed by atoms with van der Waals surface area (Å²) in [5, 5.41) is 5.27. The zero-order valence-electron chi connectivity index (χ0n) is 38.1. The van der Waals surface area contributed by atoms with E-state index in [2.05, 4.69) is 266 Å². The van der Waals surface area contributed by atoms with Crippen LogP contribution in [0.5, 0.6) is 0 Å². The summed E-state index contributed by atoms with van der Waals surface area (Å²) in [5.74, 6) is 0. The van der Waals surface area contributed by atoms with Gasteiger partial charge in [-0.05, 0) is 121 Å². The van der Waals surface area contributed by atoms with Crippen molar-refractivity contribution in [3.63, 3.8) is 0 Å². The van der Waals surface area contributed by atoms with Crippen LogP contribution in [0.1, 0.15) is 22.3 Å². The van der Waals surface area contributed by atoms with E-state index >= 15 is 0 Å². The zero-order valence-corrected chi connectivity index (χ0v) is 39.7. The lowest BCUT2D eigenvalue weighted by Crippen LogP contribution is -2.28. The molecule has 0 amide bonds. The molecule has 14 rings (SSSR count). The molecule has 1 nitrogen and oxygen atoms in total. The molecule has 0 unspecified atom stereocenters. The molecular formula is C67H43NS2. The number of benzene rings is 11. The Balaban J connectivity index is 0.879. The highest BCUT2D eigenvalue weighted by Gasteiger charge is 2.45. The number of thiophene rings is 2. The third kappa shape index (κ3) is 6.36. The van der Waals surface area contributed by atoms with Crippen LogP contribution in [0.15, 0.2) is 261 Å². The van der Waals surface area contributed by atoms with Crippen molar-refractivity contribution in [2.24, 2.45) is 0 Å². The molecular weight excluding hydrogens is 883 g/mol. The summed E-state index contributed by atoms with van der Waals surface area (Å²) < 4.78 is 5.30. The second-order valence-electron chi connectivity index (χ2n) is 18.3. The molecule has 1 aliphatic carbocycles. The van der Waals surface area contributed by atoms with E-state index in [-0.39, 0.29) is 0 Å². The number of hydrogen-bond acceptors (Lipinski definition) is 3. The number of rotatable bonds is 8. The molecule has 0 spiro atoms. The number of hydrogen-bond donors (Lipinski definition) is 0. The molecule has 0 N–H and O–H groups in total. The lowest BCUT2D eigenvalue weighted by molar-refractivity contribution is 0.768. The van der Waals surface area contributed by atoms with Crippen LogP contribution in [0.4, 0.5) is 17.1 Å². The first kappa shape index (κ1) is 40.7. The number of nitrogens with zero attached hydrogens (tertiary/aromatic N) is 1. The fraction of sp³-hybridized carbons (Fsp3) is 0.0149. The van der Waals surface area contributed by atoms with Gasteiger partial charge in [-0.3, -0.25) is 0 Å². The van der Waals surface area contributed by atoms with Crippen LogP contribution in [-0.2, 0) is 5.41 Å². The minimum atomic E-state index is -0.467. The molecule has 328 valence electrons. The fourth-order valence-corrected chi connectivity index (χ4v) is 13.9. The summed E-state index contributed by atoms with van der Waals surface area (Å²) in [6.07, 6.45) is 0. The van der Waals surface area contributed by atoms with Crippen molar-refractivity contribution >= 4 is 80.1 Å². The number of anilines is 3. The monoisotopic (exact) mass is 925 g/mol. The highest BCUT2D eigenvalue weighted by molar-refractivity contribution is 7.26. The molecule has 0 aliphatic heterocycles. The van der Waals surface area contributed by atoms with Gasteiger partial charge in [-0.25, -0.2) is 0 Å². The van der Waals surface area contributed by atoms with Gasteiger partial charge in [0.2, 0.25) is 0 Å². The maximum absolute atomic E-state index is 2.40. The average Bonchev–Trinajstić information content (AvgIpc) is 4.11. The van der Waals surface area contributed by atoms with E-state index in [0.29, 0.717) is 0 Å². The van der Waals surface area contributed by atoms with Crippen molar-refractivity contribution in [3.8, 4) is 44.5 Å². The van der Waals surface area contributed by atoms with Crippen LogP contribution in [-0.4, -0.2) is 0 Å². The van der Waals surface area contributed by atoms with Gasteiger partial charge in [-0.15, -0.1) is 22.7 Å². The van der Waals surface area contributed by atoms with Gasteiger partial charge in [-0.1, -0.05) is 206 Å². The zero-order chi connectivity index (χ0) is 46.2. The van der Waals surface area contributed by atoms with Gasteiger partial charge in [0, 0.05) is 57.4 Å². The second kappa shape index (κ2) is 16.4. The SMILES string of the molecule is c1ccc(C2(c3ccc(N(c4ccc(-c5cccc(-c6cccc7c6sc6ccccc67)c5)cc4)c4ccc(-c5cccc6c5sc5ccccc56)cc4)cc3)c3ccccc3-c3ccccc32)cc1. The molecule has 2 heterocycles. The highest BCUT2D eigenvalue weighted by atomic mass is 32.1. The lowest BCUT2D eigenvalue weighted by Gasteiger charge is -2.34. The van der Waals surface area contributed by atoms with E-state index in [1.165, 1.54) is 107 Å². The van der Waals surface area contributed by atoms with Crippen LogP contribution in [0.2, 0.25) is 0 Å². The third-order valence-corrected chi connectivity index (χ3v) is 17.0. The van der Waals surface area contributed by atoms with Crippen LogP contribution in [0.25, 0.3) is 84.9 Å². The Labute approximate surface area is 415 Å². The van der Waals surface area contributed by atoms with E-state index < -0.39 is 5.41 Å². The van der Waals surface area contributed by atoms with E-state index in [0.717, 1.165) is 17.1 Å². The Morgan fingerprint density at radius 2 is 0.686 bits per heavy atom. The molecule has 0 atom stereocenters. The topological polar surface area (TPSA) is 3.24 Å². The highest BCUT2D eigenvalue weighted by Crippen LogP contribution is 2.56. The summed E-state index contributed by atoms with van der Waals surface area (Å²) in [7, 11) is 0. The Bertz CT molecular complexity index is 4060. The standard InChI is InChI=1S/C67H43NS2/c1-2-17-48(18-3-1)67(61-27-8-4-19-55(61)56-20-5-9-28-62(56)67)49-35-41-52(42-36-49)68(51-39-33-45(34-40-51)53-23-13-25-59-57-21-6-10-29-63(57)69-65(53)59)50-37-31-44(32-38-50)46-15-12-16-47(43-46)54-24-14-26-60-58-22-7-11-30-64(58)70-66(54)60/h1-43H. The van der Waals surface area contributed by atoms with Gasteiger partial charge in [0.1, 0.15) is 0 Å². The van der Waals surface area contributed by atoms with Crippen molar-refractivity contribution < 1.29 is 0 Å². The molecule has 70 heavy (non-hydrogen) atoms. The Morgan fingerprint density at radius 1 is 0.271 bits per heavy atom. The molecule has 0 saturated carbocycles. The Hall–Kier alpha value is -8.34. The fourth-order valence-electron chi connectivity index (χ4n) is 11.4. The van der Waals surface area contributed by atoms with Gasteiger partial charge in [0.25, 0.3) is 0 Å². The molecule has 13 aromatic rings. The first-order valence-electron chi connectivity index (χ1n) is 24.0. The van der Waals surface area contributed by atoms with Crippen LogP contribution in [0, 0.1) is 0 Å². The van der Waals surface area contributed by atoms with Crippen LogP contribution >= 0.6 is 22.7 Å². The van der Waals surface area contributed by atoms with Gasteiger partial charge in [0.05, 0.1) is 5.41 Å². The van der Waals surface area contributed by atoms with Crippen molar-refractivity contribution in [1.29, 1.82) is 0 Å². The summed E-state index contributed by atoms with van der Waals surface area (Å²) in [4.78, 5) is 2.40. The van der Waals surface area contributed by atoms with E-state index in [9.17, 15) is 0 Å². The first-order valence-corrected chi connectivity index (χ1v) is 25.6. The van der Waals surface area contributed by atoms with Gasteiger partial charge >= 0.3 is 0 Å².